The minimum Gasteiger partial charge on any atom is -0.353 e. The molecule has 184 valence electrons. The zero-order chi connectivity index (χ0) is 25.9. The average molecular weight is 493 g/mol. The molecule has 0 aliphatic heterocycles. The van der Waals surface area contributed by atoms with E-state index in [1.54, 1.807) is 25.3 Å². The number of amides is 1. The molecule has 7 nitrogen and oxygen atoms in total. The third-order valence-electron chi connectivity index (χ3n) is 5.93. The van der Waals surface area contributed by atoms with Crippen molar-refractivity contribution in [3.63, 3.8) is 0 Å². The van der Waals surface area contributed by atoms with Crippen LogP contribution in [0.1, 0.15) is 26.0 Å². The van der Waals surface area contributed by atoms with E-state index in [1.165, 1.54) is 12.1 Å². The van der Waals surface area contributed by atoms with Crippen LogP contribution in [0.5, 0.6) is 0 Å². The molecule has 0 atom stereocenters. The largest absolute Gasteiger partial charge is 0.353 e. The Balaban J connectivity index is 1.59. The maximum Gasteiger partial charge on any atom is 0.223 e. The summed E-state index contributed by atoms with van der Waals surface area (Å²) in [6, 6.07) is 14.0. The van der Waals surface area contributed by atoms with Gasteiger partial charge in [-0.15, -0.1) is 0 Å². The smallest absolute Gasteiger partial charge is 0.223 e. The summed E-state index contributed by atoms with van der Waals surface area (Å²) >= 11 is 0. The van der Waals surface area contributed by atoms with Crippen molar-refractivity contribution in [2.75, 3.05) is 0 Å². The molecule has 5 aromatic rings. The van der Waals surface area contributed by atoms with Crippen LogP contribution in [0, 0.1) is 5.82 Å². The first-order valence-corrected chi connectivity index (χ1v) is 11.9. The highest BCUT2D eigenvalue weighted by Gasteiger charge is 2.16. The number of rotatable bonds is 7. The van der Waals surface area contributed by atoms with Gasteiger partial charge < -0.3 is 10.3 Å². The van der Waals surface area contributed by atoms with Crippen molar-refractivity contribution in [1.82, 2.24) is 30.5 Å². The molecule has 0 fully saturated rings. The second-order valence-corrected chi connectivity index (χ2v) is 8.57. The molecule has 0 unspecified atom stereocenters. The molecule has 0 saturated carbocycles. The lowest BCUT2D eigenvalue weighted by Gasteiger charge is -2.07. The number of aromatic nitrogens is 5. The molecular weight excluding hydrogens is 467 g/mol. The number of hydrogen-bond acceptors (Lipinski definition) is 4. The lowest BCUT2D eigenvalue weighted by molar-refractivity contribution is -0.120. The summed E-state index contributed by atoms with van der Waals surface area (Å²) in [4.78, 5) is 24.6. The van der Waals surface area contributed by atoms with E-state index < -0.39 is 0 Å². The first-order valence-electron chi connectivity index (χ1n) is 11.9. The van der Waals surface area contributed by atoms with Gasteiger partial charge >= 0.3 is 0 Å². The Morgan fingerprint density at radius 2 is 2.00 bits per heavy atom. The predicted octanol–water partition coefficient (Wildman–Crippen LogP) is 6.31. The molecule has 4 aromatic heterocycles. The fourth-order valence-electron chi connectivity index (χ4n) is 4.21. The molecule has 0 bridgehead atoms. The third-order valence-corrected chi connectivity index (χ3v) is 5.93. The van der Waals surface area contributed by atoms with Gasteiger partial charge in [-0.3, -0.25) is 14.9 Å². The molecule has 0 radical (unpaired) electrons. The molecule has 1 amide bonds. The Kier molecular flexibility index (Phi) is 6.47. The zero-order valence-electron chi connectivity index (χ0n) is 20.5. The molecule has 8 heteroatoms. The summed E-state index contributed by atoms with van der Waals surface area (Å²) in [6.07, 6.45) is 7.48. The first-order chi connectivity index (χ1) is 18.0. The van der Waals surface area contributed by atoms with E-state index >= 15 is 0 Å². The predicted molar refractivity (Wildman–Crippen MR) is 145 cm³/mol. The topological polar surface area (TPSA) is 99.4 Å². The van der Waals surface area contributed by atoms with Crippen molar-refractivity contribution in [1.29, 1.82) is 0 Å². The number of carbonyl (C=O) groups is 1. The Morgan fingerprint density at radius 1 is 1.14 bits per heavy atom. The van der Waals surface area contributed by atoms with Crippen LogP contribution in [0.2, 0.25) is 0 Å². The van der Waals surface area contributed by atoms with Crippen LogP contribution in [0.3, 0.4) is 0 Å². The lowest BCUT2D eigenvalue weighted by atomic mass is 10.1. The van der Waals surface area contributed by atoms with E-state index in [1.807, 2.05) is 49.4 Å². The standard InChI is InChI=1S/C29H25FN6O/c1-4-7-18(14-17(3)32-26(37)5-2)22-10-11-24-28(34-22)29(36-35-24)25-16-21-23(33-25)12-13-31-27(21)19-8-6-9-20(30)15-19/h4,6-16,33H,1,5H2,2-3H3,(H,32,37)(H,35,36)/b17-14+,18-7+. The fourth-order valence-corrected chi connectivity index (χ4v) is 4.21. The van der Waals surface area contributed by atoms with Crippen molar-refractivity contribution in [2.24, 2.45) is 0 Å². The Labute approximate surface area is 212 Å². The molecule has 3 N–H and O–H groups in total. The molecular formula is C29H25FN6O. The third kappa shape index (κ3) is 4.81. The number of nitrogens with one attached hydrogen (secondary N) is 3. The highest BCUT2D eigenvalue weighted by molar-refractivity contribution is 5.99. The van der Waals surface area contributed by atoms with E-state index in [0.717, 1.165) is 27.7 Å². The Hall–Kier alpha value is -4.85. The first kappa shape index (κ1) is 23.9. The number of benzene rings is 1. The van der Waals surface area contributed by atoms with E-state index in [0.29, 0.717) is 40.3 Å². The van der Waals surface area contributed by atoms with Gasteiger partial charge in [-0.2, -0.15) is 5.10 Å². The number of pyridine rings is 2. The molecule has 0 spiro atoms. The van der Waals surface area contributed by atoms with Crippen molar-refractivity contribution in [2.45, 2.75) is 20.3 Å². The summed E-state index contributed by atoms with van der Waals surface area (Å²) in [6.45, 7) is 7.46. The normalized spacial score (nSPS) is 12.3. The maximum absolute atomic E-state index is 13.9. The van der Waals surface area contributed by atoms with Gasteiger partial charge in [0.15, 0.2) is 0 Å². The number of nitrogens with zero attached hydrogens (tertiary/aromatic N) is 3. The Morgan fingerprint density at radius 3 is 2.78 bits per heavy atom. The van der Waals surface area contributed by atoms with Gasteiger partial charge in [0, 0.05) is 40.4 Å². The summed E-state index contributed by atoms with van der Waals surface area (Å²) in [7, 11) is 0. The molecule has 4 heterocycles. The molecule has 0 aliphatic carbocycles. The monoisotopic (exact) mass is 492 g/mol. The molecule has 5 rings (SSSR count). The quantitative estimate of drug-likeness (QED) is 0.232. The number of hydrogen-bond donors (Lipinski definition) is 3. The van der Waals surface area contributed by atoms with Crippen LogP contribution in [0.15, 0.2) is 85.2 Å². The van der Waals surface area contributed by atoms with Crippen LogP contribution >= 0.6 is 0 Å². The summed E-state index contributed by atoms with van der Waals surface area (Å²) in [5.74, 6) is -0.373. The maximum atomic E-state index is 13.9. The van der Waals surface area contributed by atoms with Gasteiger partial charge in [0.1, 0.15) is 17.0 Å². The number of carbonyl (C=O) groups excluding carboxylic acids is 1. The summed E-state index contributed by atoms with van der Waals surface area (Å²) < 4.78 is 13.9. The number of fused-ring (bicyclic) bond motifs is 2. The van der Waals surface area contributed by atoms with Crippen molar-refractivity contribution >= 4 is 33.4 Å². The molecule has 0 saturated heterocycles. The van der Waals surface area contributed by atoms with Crippen LogP contribution in [0.25, 0.3) is 50.2 Å². The highest BCUT2D eigenvalue weighted by Crippen LogP contribution is 2.33. The van der Waals surface area contributed by atoms with Gasteiger partial charge in [-0.1, -0.05) is 37.8 Å². The van der Waals surface area contributed by atoms with E-state index in [-0.39, 0.29) is 11.7 Å². The fraction of sp³-hybridized carbons (Fsp3) is 0.103. The van der Waals surface area contributed by atoms with Crippen molar-refractivity contribution < 1.29 is 9.18 Å². The number of halogens is 1. The van der Waals surface area contributed by atoms with Gasteiger partial charge in [0.05, 0.1) is 22.6 Å². The zero-order valence-corrected chi connectivity index (χ0v) is 20.5. The summed E-state index contributed by atoms with van der Waals surface area (Å²) in [5, 5.41) is 11.3. The molecule has 37 heavy (non-hydrogen) atoms. The lowest BCUT2D eigenvalue weighted by Crippen LogP contribution is -2.19. The van der Waals surface area contributed by atoms with Crippen LogP contribution < -0.4 is 5.32 Å². The van der Waals surface area contributed by atoms with Crippen LogP contribution in [-0.2, 0) is 4.79 Å². The molecule has 1 aromatic carbocycles. The van der Waals surface area contributed by atoms with Crippen LogP contribution in [-0.4, -0.2) is 31.1 Å². The second kappa shape index (κ2) is 10.0. The van der Waals surface area contributed by atoms with Crippen LogP contribution in [0.4, 0.5) is 4.39 Å². The van der Waals surface area contributed by atoms with Gasteiger partial charge in [-0.25, -0.2) is 9.37 Å². The number of allylic oxidation sites excluding steroid dienone is 5. The minimum absolute atomic E-state index is 0.0573. The number of H-pyrrole nitrogens is 2. The highest BCUT2D eigenvalue weighted by atomic mass is 19.1. The van der Waals surface area contributed by atoms with Gasteiger partial charge in [0.25, 0.3) is 0 Å². The SMILES string of the molecule is C=C/C=C(\C=C(/C)NC(=O)CC)c1ccc2[nH]nc(-c3cc4c(-c5cccc(F)c5)nccc4[nH]3)c2n1. The molecule has 0 aliphatic rings. The van der Waals surface area contributed by atoms with E-state index in [9.17, 15) is 9.18 Å². The second-order valence-electron chi connectivity index (χ2n) is 8.57. The van der Waals surface area contributed by atoms with Gasteiger partial charge in [0.2, 0.25) is 5.91 Å². The summed E-state index contributed by atoms with van der Waals surface area (Å²) in [5.41, 5.74) is 7.31. The van der Waals surface area contributed by atoms with E-state index in [2.05, 4.69) is 32.1 Å². The number of aromatic amines is 2. The Bertz CT molecular complexity index is 1710. The van der Waals surface area contributed by atoms with Gasteiger partial charge in [-0.05, 0) is 49.4 Å². The minimum atomic E-state index is -0.316. The average Bonchev–Trinajstić information content (AvgIpc) is 3.51. The van der Waals surface area contributed by atoms with Crippen molar-refractivity contribution in [3.05, 3.63) is 96.7 Å². The van der Waals surface area contributed by atoms with Crippen molar-refractivity contribution in [3.8, 4) is 22.6 Å². The van der Waals surface area contributed by atoms with E-state index in [4.69, 9.17) is 4.98 Å².